The number of nitro benzene ring substituents is 1. The first kappa shape index (κ1) is 19.3. The van der Waals surface area contributed by atoms with Gasteiger partial charge in [-0.25, -0.2) is 4.79 Å². The number of nitrogens with zero attached hydrogens (tertiary/aromatic N) is 2. The Kier molecular flexibility index (Phi) is 6.09. The Morgan fingerprint density at radius 1 is 1.30 bits per heavy atom. The van der Waals surface area contributed by atoms with Crippen LogP contribution in [0.25, 0.3) is 0 Å². The normalized spacial score (nSPS) is 18.3. The monoisotopic (exact) mass is 394 g/mol. The first-order valence-electron chi connectivity index (χ1n) is 8.20. The van der Waals surface area contributed by atoms with Crippen molar-refractivity contribution in [2.75, 3.05) is 26.9 Å². The van der Waals surface area contributed by atoms with Crippen molar-refractivity contribution in [1.82, 2.24) is 4.90 Å². The molecule has 0 bridgehead atoms. The number of β-lactam (4-membered cyclic amide) rings is 1. The fourth-order valence-corrected chi connectivity index (χ4v) is 3.98. The lowest BCUT2D eigenvalue weighted by Gasteiger charge is -2.34. The molecule has 2 heterocycles. The summed E-state index contributed by atoms with van der Waals surface area (Å²) in [4.78, 5) is 36.7. The van der Waals surface area contributed by atoms with Crippen LogP contribution < -0.4 is 0 Å². The molecule has 0 aromatic heterocycles. The van der Waals surface area contributed by atoms with Gasteiger partial charge in [-0.3, -0.25) is 19.8 Å². The Balaban J connectivity index is 1.64. The maximum atomic E-state index is 12.6. The van der Waals surface area contributed by atoms with Crippen LogP contribution in [0.4, 0.5) is 5.69 Å². The lowest BCUT2D eigenvalue weighted by molar-refractivity contribution is -0.384. The number of fused-ring (bicyclic) bond motifs is 1. The summed E-state index contributed by atoms with van der Waals surface area (Å²) in [6, 6.07) is 5.74. The van der Waals surface area contributed by atoms with Crippen molar-refractivity contribution < 1.29 is 28.7 Å². The Morgan fingerprint density at radius 2 is 2.04 bits per heavy atom. The largest absolute Gasteiger partial charge is 0.456 e. The molecule has 1 aromatic carbocycles. The number of esters is 1. The van der Waals surface area contributed by atoms with Crippen LogP contribution in [0.1, 0.15) is 12.0 Å². The van der Waals surface area contributed by atoms with E-state index in [4.69, 9.17) is 14.2 Å². The maximum Gasteiger partial charge on any atom is 0.356 e. The predicted octanol–water partition coefficient (Wildman–Crippen LogP) is 1.82. The zero-order valence-electron chi connectivity index (χ0n) is 14.6. The standard InChI is InChI=1S/C17H18N2O7S/c1-24-6-7-25-10-13-16(18-14(20)8-15(18)27-13)17(21)26-9-11-2-4-12(5-3-11)19(22)23/h2-5,15H,6-10H2,1H3/t15-/m1/s1. The van der Waals surface area contributed by atoms with E-state index in [1.807, 2.05) is 0 Å². The molecule has 1 atom stereocenters. The molecule has 0 unspecified atom stereocenters. The van der Waals surface area contributed by atoms with Crippen LogP contribution in [0, 0.1) is 10.1 Å². The van der Waals surface area contributed by atoms with E-state index in [-0.39, 0.29) is 35.9 Å². The van der Waals surface area contributed by atoms with Gasteiger partial charge in [0.25, 0.3) is 5.69 Å². The van der Waals surface area contributed by atoms with Gasteiger partial charge in [0.05, 0.1) is 36.5 Å². The summed E-state index contributed by atoms with van der Waals surface area (Å²) >= 11 is 1.43. The van der Waals surface area contributed by atoms with Crippen LogP contribution in [0.3, 0.4) is 0 Å². The van der Waals surface area contributed by atoms with E-state index < -0.39 is 10.9 Å². The first-order valence-corrected chi connectivity index (χ1v) is 9.08. The molecule has 1 fully saturated rings. The number of rotatable bonds is 9. The SMILES string of the molecule is COCCOCC1=C(C(=O)OCc2ccc([N+](=O)[O-])cc2)N2C(=O)C[C@H]2S1. The summed E-state index contributed by atoms with van der Waals surface area (Å²) in [5, 5.41) is 10.6. The summed E-state index contributed by atoms with van der Waals surface area (Å²) in [5.41, 5.74) is 0.801. The molecule has 144 valence electrons. The van der Waals surface area contributed by atoms with Crippen LogP contribution in [0.15, 0.2) is 34.9 Å². The minimum Gasteiger partial charge on any atom is -0.456 e. The lowest BCUT2D eigenvalue weighted by atomic mass is 10.1. The molecule has 2 aliphatic heterocycles. The number of non-ortho nitro benzene ring substituents is 1. The van der Waals surface area contributed by atoms with E-state index in [1.165, 1.54) is 40.9 Å². The number of hydrogen-bond acceptors (Lipinski definition) is 8. The Labute approximate surface area is 159 Å². The second-order valence-electron chi connectivity index (χ2n) is 5.86. The molecule has 9 nitrogen and oxygen atoms in total. The van der Waals surface area contributed by atoms with Gasteiger partial charge in [0, 0.05) is 24.1 Å². The number of methoxy groups -OCH3 is 1. The van der Waals surface area contributed by atoms with Gasteiger partial charge >= 0.3 is 5.97 Å². The van der Waals surface area contributed by atoms with Gasteiger partial charge in [0.15, 0.2) is 0 Å². The number of hydrogen-bond donors (Lipinski definition) is 0. The fourth-order valence-electron chi connectivity index (χ4n) is 2.66. The molecule has 27 heavy (non-hydrogen) atoms. The number of carbonyl (C=O) groups is 2. The summed E-state index contributed by atoms with van der Waals surface area (Å²) in [7, 11) is 1.57. The van der Waals surface area contributed by atoms with Crippen LogP contribution >= 0.6 is 11.8 Å². The molecule has 0 N–H and O–H groups in total. The first-order chi connectivity index (χ1) is 13.0. The van der Waals surface area contributed by atoms with Crippen molar-refractivity contribution in [3.05, 3.63) is 50.5 Å². The smallest absolute Gasteiger partial charge is 0.356 e. The topological polar surface area (TPSA) is 108 Å². The van der Waals surface area contributed by atoms with E-state index in [2.05, 4.69) is 0 Å². The minimum absolute atomic E-state index is 0.0375. The van der Waals surface area contributed by atoms with Gasteiger partial charge in [-0.1, -0.05) is 11.8 Å². The molecular weight excluding hydrogens is 376 g/mol. The fraction of sp³-hybridized carbons (Fsp3) is 0.412. The number of nitro groups is 1. The molecule has 0 saturated carbocycles. The second-order valence-corrected chi connectivity index (χ2v) is 7.13. The summed E-state index contributed by atoms with van der Waals surface area (Å²) in [5.74, 6) is -0.733. The van der Waals surface area contributed by atoms with Gasteiger partial charge in [-0.05, 0) is 17.7 Å². The van der Waals surface area contributed by atoms with Crippen molar-refractivity contribution in [3.63, 3.8) is 0 Å². The Bertz CT molecular complexity index is 778. The lowest BCUT2D eigenvalue weighted by Crippen LogP contribution is -2.48. The summed E-state index contributed by atoms with van der Waals surface area (Å²) in [6.45, 7) is 0.972. The zero-order valence-corrected chi connectivity index (χ0v) is 15.4. The molecule has 0 radical (unpaired) electrons. The van der Waals surface area contributed by atoms with Crippen molar-refractivity contribution >= 4 is 29.3 Å². The molecule has 2 aliphatic rings. The molecule has 0 spiro atoms. The molecule has 0 aliphatic carbocycles. The summed E-state index contributed by atoms with van der Waals surface area (Å²) < 4.78 is 15.7. The molecule has 10 heteroatoms. The molecule has 1 saturated heterocycles. The van der Waals surface area contributed by atoms with Crippen LogP contribution in [-0.4, -0.2) is 54.0 Å². The van der Waals surface area contributed by atoms with Gasteiger partial charge in [0.1, 0.15) is 12.3 Å². The van der Waals surface area contributed by atoms with Crippen molar-refractivity contribution in [3.8, 4) is 0 Å². The van der Waals surface area contributed by atoms with Gasteiger partial charge in [0.2, 0.25) is 5.91 Å². The molecular formula is C17H18N2O7S. The number of amides is 1. The highest BCUT2D eigenvalue weighted by Gasteiger charge is 2.48. The van der Waals surface area contributed by atoms with Gasteiger partial charge < -0.3 is 14.2 Å². The molecule has 1 aromatic rings. The van der Waals surface area contributed by atoms with Gasteiger partial charge in [-0.15, -0.1) is 0 Å². The predicted molar refractivity (Wildman–Crippen MR) is 95.5 cm³/mol. The number of thioether (sulfide) groups is 1. The van der Waals surface area contributed by atoms with Crippen molar-refractivity contribution in [2.45, 2.75) is 18.4 Å². The van der Waals surface area contributed by atoms with E-state index in [9.17, 15) is 19.7 Å². The summed E-state index contributed by atoms with van der Waals surface area (Å²) in [6.07, 6.45) is 0.380. The van der Waals surface area contributed by atoms with Crippen molar-refractivity contribution in [1.29, 1.82) is 0 Å². The van der Waals surface area contributed by atoms with Crippen molar-refractivity contribution in [2.24, 2.45) is 0 Å². The van der Waals surface area contributed by atoms with Crippen LogP contribution in [0.2, 0.25) is 0 Å². The third-order valence-corrected chi connectivity index (χ3v) is 5.31. The van der Waals surface area contributed by atoms with Gasteiger partial charge in [-0.2, -0.15) is 0 Å². The van der Waals surface area contributed by atoms with E-state index in [0.29, 0.717) is 30.1 Å². The second kappa shape index (κ2) is 8.51. The maximum absolute atomic E-state index is 12.6. The number of carbonyl (C=O) groups excluding carboxylic acids is 2. The van der Waals surface area contributed by atoms with E-state index >= 15 is 0 Å². The zero-order chi connectivity index (χ0) is 19.4. The quantitative estimate of drug-likeness (QED) is 0.205. The minimum atomic E-state index is -0.609. The molecule has 3 rings (SSSR count). The Morgan fingerprint density at radius 3 is 2.67 bits per heavy atom. The number of benzene rings is 1. The highest BCUT2D eigenvalue weighted by Crippen LogP contribution is 2.46. The third-order valence-electron chi connectivity index (χ3n) is 4.06. The Hall–Kier alpha value is -2.43. The average Bonchev–Trinajstić information content (AvgIpc) is 2.95. The number of ether oxygens (including phenoxy) is 3. The molecule has 1 amide bonds. The van der Waals surface area contributed by atoms with Crippen LogP contribution in [0.5, 0.6) is 0 Å². The highest BCUT2D eigenvalue weighted by molar-refractivity contribution is 8.04. The highest BCUT2D eigenvalue weighted by atomic mass is 32.2. The third kappa shape index (κ3) is 4.29. The average molecular weight is 394 g/mol. The van der Waals surface area contributed by atoms with E-state index in [1.54, 1.807) is 7.11 Å². The van der Waals surface area contributed by atoms with E-state index in [0.717, 1.165) is 0 Å². The van der Waals surface area contributed by atoms with Crippen LogP contribution in [-0.2, 0) is 30.4 Å².